The third kappa shape index (κ3) is 3.62. The number of fused-ring (bicyclic) bond motifs is 5. The van der Waals surface area contributed by atoms with Crippen LogP contribution in [0.25, 0.3) is 0 Å². The van der Waals surface area contributed by atoms with Gasteiger partial charge in [0.05, 0.1) is 35.7 Å². The predicted molar refractivity (Wildman–Crippen MR) is 134 cm³/mol. The van der Waals surface area contributed by atoms with E-state index in [4.69, 9.17) is 14.2 Å². The van der Waals surface area contributed by atoms with Crippen molar-refractivity contribution in [2.45, 2.75) is 83.6 Å². The maximum Gasteiger partial charge on any atom is 0.338 e. The summed E-state index contributed by atoms with van der Waals surface area (Å²) in [6.07, 6.45) is -5.48. The number of Topliss-reactive ketones (excluding diaryl/α,β-unsaturated/α-hetero) is 1. The Morgan fingerprint density at radius 2 is 1.71 bits per heavy atom. The zero-order chi connectivity index (χ0) is 27.8. The Kier molecular flexibility index (Phi) is 6.38. The Hall–Kier alpha value is -2.59. The first kappa shape index (κ1) is 27.0. The molecule has 0 amide bonds. The third-order valence-electron chi connectivity index (χ3n) is 9.74. The third-order valence-corrected chi connectivity index (χ3v) is 9.74. The number of carbonyl (C=O) groups is 3. The van der Waals surface area contributed by atoms with Crippen molar-refractivity contribution in [1.29, 1.82) is 0 Å². The summed E-state index contributed by atoms with van der Waals surface area (Å²) in [4.78, 5) is 40.2. The quantitative estimate of drug-likeness (QED) is 0.397. The van der Waals surface area contributed by atoms with Crippen molar-refractivity contribution in [2.24, 2.45) is 22.7 Å². The molecule has 2 unspecified atom stereocenters. The molecule has 206 valence electrons. The molecule has 38 heavy (non-hydrogen) atoms. The number of benzene rings is 1. The zero-order valence-electron chi connectivity index (χ0n) is 22.3. The van der Waals surface area contributed by atoms with Crippen molar-refractivity contribution in [3.63, 3.8) is 0 Å². The molecule has 1 aliphatic heterocycles. The van der Waals surface area contributed by atoms with Crippen LogP contribution in [-0.2, 0) is 23.8 Å². The van der Waals surface area contributed by atoms with Gasteiger partial charge in [-0.1, -0.05) is 32.0 Å². The van der Waals surface area contributed by atoms with Gasteiger partial charge in [-0.25, -0.2) is 4.79 Å². The van der Waals surface area contributed by atoms with E-state index in [9.17, 15) is 29.7 Å². The smallest absolute Gasteiger partial charge is 0.338 e. The van der Waals surface area contributed by atoms with Crippen molar-refractivity contribution >= 4 is 17.7 Å². The van der Waals surface area contributed by atoms with Crippen LogP contribution in [0.3, 0.4) is 0 Å². The molecular weight excluding hydrogens is 492 g/mol. The molecule has 9 heteroatoms. The van der Waals surface area contributed by atoms with Gasteiger partial charge in [0.2, 0.25) is 0 Å². The molecule has 4 aliphatic rings. The Balaban J connectivity index is 1.77. The average molecular weight is 529 g/mol. The lowest BCUT2D eigenvalue weighted by molar-refractivity contribution is -0.335. The van der Waals surface area contributed by atoms with Crippen molar-refractivity contribution in [2.75, 3.05) is 6.61 Å². The van der Waals surface area contributed by atoms with E-state index in [1.165, 1.54) is 6.92 Å². The number of carbonyl (C=O) groups excluding carboxylic acids is 3. The number of rotatable bonds is 3. The topological polar surface area (TPSA) is 140 Å². The molecular formula is C29H36O9. The van der Waals surface area contributed by atoms with E-state index >= 15 is 0 Å². The lowest BCUT2D eigenvalue weighted by atomic mass is 9.46. The molecule has 3 aliphatic carbocycles. The van der Waals surface area contributed by atoms with Gasteiger partial charge in [-0.3, -0.25) is 9.59 Å². The first-order valence-electron chi connectivity index (χ1n) is 13.1. The molecule has 3 fully saturated rings. The first-order valence-corrected chi connectivity index (χ1v) is 13.1. The SMILES string of the molecule is CC(=O)O[C@@]12CO[C@@H]1C[C@H](O)[C@@]1(C)C(=O)[C@H](O)C3=C(C)C(O)CC([C@@H](OC(=O)c4ccccc4)[C@H]21)C3(C)C. The molecule has 0 aromatic heterocycles. The highest BCUT2D eigenvalue weighted by molar-refractivity contribution is 5.93. The monoisotopic (exact) mass is 528 g/mol. The van der Waals surface area contributed by atoms with Crippen molar-refractivity contribution < 1.29 is 43.9 Å². The lowest BCUT2D eigenvalue weighted by Gasteiger charge is -2.65. The van der Waals surface area contributed by atoms with Gasteiger partial charge >= 0.3 is 11.9 Å². The second-order valence-corrected chi connectivity index (χ2v) is 12.0. The van der Waals surface area contributed by atoms with E-state index in [2.05, 4.69) is 0 Å². The van der Waals surface area contributed by atoms with E-state index in [0.29, 0.717) is 16.7 Å². The summed E-state index contributed by atoms with van der Waals surface area (Å²) in [5.41, 5.74) is -2.76. The van der Waals surface area contributed by atoms with Crippen LogP contribution in [-0.4, -0.2) is 75.8 Å². The second kappa shape index (κ2) is 8.98. The molecule has 0 radical (unpaired) electrons. The van der Waals surface area contributed by atoms with Crippen molar-refractivity contribution in [3.8, 4) is 0 Å². The molecule has 1 aromatic carbocycles. The average Bonchev–Trinajstić information content (AvgIpc) is 2.85. The molecule has 1 aromatic rings. The molecule has 3 N–H and O–H groups in total. The van der Waals surface area contributed by atoms with Crippen molar-refractivity contribution in [1.82, 2.24) is 0 Å². The fraction of sp³-hybridized carbons (Fsp3) is 0.621. The summed E-state index contributed by atoms with van der Waals surface area (Å²) in [6.45, 7) is 8.17. The number of ketones is 1. The second-order valence-electron chi connectivity index (χ2n) is 12.0. The van der Waals surface area contributed by atoms with Gasteiger partial charge in [0, 0.05) is 19.3 Å². The Morgan fingerprint density at radius 1 is 1.05 bits per heavy atom. The highest BCUT2D eigenvalue weighted by Crippen LogP contribution is 2.62. The summed E-state index contributed by atoms with van der Waals surface area (Å²) in [5, 5.41) is 34.1. The molecule has 0 spiro atoms. The van der Waals surface area contributed by atoms with Crippen LogP contribution in [0.5, 0.6) is 0 Å². The summed E-state index contributed by atoms with van der Waals surface area (Å²) in [6, 6.07) is 8.41. The van der Waals surface area contributed by atoms with E-state index in [0.717, 1.165) is 0 Å². The van der Waals surface area contributed by atoms with Crippen LogP contribution in [0.1, 0.15) is 57.8 Å². The zero-order valence-corrected chi connectivity index (χ0v) is 22.3. The number of esters is 2. The maximum atomic E-state index is 14.3. The minimum Gasteiger partial charge on any atom is -0.458 e. The molecule has 9 nitrogen and oxygen atoms in total. The minimum atomic E-state index is -1.65. The van der Waals surface area contributed by atoms with Crippen LogP contribution in [0.15, 0.2) is 41.5 Å². The Bertz CT molecular complexity index is 1190. The molecule has 2 saturated carbocycles. The standard InChI is InChI=1S/C29H36O9/c1-14-18(31)11-17-23(37-26(35)16-9-7-6-8-10-16)24-28(5,25(34)22(33)21(14)27(17,3)4)19(32)12-20-29(24,13-36-20)38-15(2)30/h6-10,17-20,22-24,31-33H,11-13H2,1-5H3/t17?,18?,19-,20+,22+,23+,24-,28+,29-/m0/s1. The maximum absolute atomic E-state index is 14.3. The van der Waals surface area contributed by atoms with Gasteiger partial charge in [-0.15, -0.1) is 0 Å². The molecule has 1 saturated heterocycles. The van der Waals surface area contributed by atoms with Gasteiger partial charge < -0.3 is 29.5 Å². The Morgan fingerprint density at radius 3 is 2.29 bits per heavy atom. The van der Waals surface area contributed by atoms with Gasteiger partial charge in [0.25, 0.3) is 0 Å². The minimum absolute atomic E-state index is 0.00675. The number of aliphatic hydroxyl groups excluding tert-OH is 3. The molecule has 1 heterocycles. The normalized spacial score (nSPS) is 41.6. The van der Waals surface area contributed by atoms with Crippen LogP contribution >= 0.6 is 0 Å². The van der Waals surface area contributed by atoms with Gasteiger partial charge in [0.15, 0.2) is 11.4 Å². The van der Waals surface area contributed by atoms with Crippen LogP contribution in [0, 0.1) is 22.7 Å². The highest BCUT2D eigenvalue weighted by Gasteiger charge is 2.75. The van der Waals surface area contributed by atoms with Crippen LogP contribution in [0.4, 0.5) is 0 Å². The van der Waals surface area contributed by atoms with Gasteiger partial charge in [-0.05, 0) is 49.0 Å². The number of hydrogen-bond donors (Lipinski definition) is 3. The first-order chi connectivity index (χ1) is 17.8. The fourth-order valence-corrected chi connectivity index (χ4v) is 7.73. The van der Waals surface area contributed by atoms with E-state index in [-0.39, 0.29) is 19.4 Å². The summed E-state index contributed by atoms with van der Waals surface area (Å²) in [7, 11) is 0. The van der Waals surface area contributed by atoms with E-state index in [1.54, 1.807) is 44.2 Å². The number of hydrogen-bond acceptors (Lipinski definition) is 9. The molecule has 5 rings (SSSR count). The highest BCUT2D eigenvalue weighted by atomic mass is 16.6. The fourth-order valence-electron chi connectivity index (χ4n) is 7.73. The predicted octanol–water partition coefficient (Wildman–Crippen LogP) is 1.97. The number of ether oxygens (including phenoxy) is 3. The summed E-state index contributed by atoms with van der Waals surface area (Å²) >= 11 is 0. The van der Waals surface area contributed by atoms with Crippen LogP contribution in [0.2, 0.25) is 0 Å². The number of aliphatic hydroxyl groups is 3. The lowest BCUT2D eigenvalue weighted by Crippen LogP contribution is -2.79. The van der Waals surface area contributed by atoms with Gasteiger partial charge in [-0.2, -0.15) is 0 Å². The van der Waals surface area contributed by atoms with Crippen LogP contribution < -0.4 is 0 Å². The summed E-state index contributed by atoms with van der Waals surface area (Å²) < 4.78 is 18.0. The van der Waals surface area contributed by atoms with Gasteiger partial charge in [0.1, 0.15) is 18.3 Å². The molecule has 9 atom stereocenters. The Labute approximate surface area is 221 Å². The molecule has 2 bridgehead atoms. The van der Waals surface area contributed by atoms with E-state index in [1.807, 2.05) is 13.8 Å². The summed E-state index contributed by atoms with van der Waals surface area (Å²) in [5.74, 6) is -3.54. The van der Waals surface area contributed by atoms with E-state index < -0.39 is 76.5 Å². The largest absolute Gasteiger partial charge is 0.458 e. The van der Waals surface area contributed by atoms with Crippen molar-refractivity contribution in [3.05, 3.63) is 47.0 Å².